The number of para-hydroxylation sites is 3. The van der Waals surface area contributed by atoms with Crippen molar-refractivity contribution in [3.8, 4) is 23.0 Å². The van der Waals surface area contributed by atoms with Crippen LogP contribution in [0.25, 0.3) is 0 Å². The fourth-order valence-electron chi connectivity index (χ4n) is 2.78. The van der Waals surface area contributed by atoms with Gasteiger partial charge in [0.15, 0.2) is 17.2 Å². The Morgan fingerprint density at radius 2 is 1.67 bits per heavy atom. The second-order valence-corrected chi connectivity index (χ2v) is 7.59. The van der Waals surface area contributed by atoms with E-state index in [0.717, 1.165) is 9.99 Å². The van der Waals surface area contributed by atoms with Gasteiger partial charge in [-0.2, -0.15) is 0 Å². The molecule has 0 radical (unpaired) electrons. The molecule has 1 N–H and O–H groups in total. The molecule has 3 aromatic rings. The lowest BCUT2D eigenvalue weighted by Gasteiger charge is -2.16. The zero-order chi connectivity index (χ0) is 21.3. The molecule has 156 valence electrons. The van der Waals surface area contributed by atoms with Crippen LogP contribution < -0.4 is 19.5 Å². The number of hydrogen-bond donors (Lipinski definition) is 1. The van der Waals surface area contributed by atoms with Crippen LogP contribution in [0, 0.1) is 3.57 Å². The number of anilines is 1. The molecule has 0 saturated heterocycles. The number of carbonyl (C=O) groups excluding carboxylic acids is 1. The van der Waals surface area contributed by atoms with Crippen LogP contribution in [0.1, 0.15) is 30.6 Å². The zero-order valence-corrected chi connectivity index (χ0v) is 19.1. The van der Waals surface area contributed by atoms with Crippen LogP contribution >= 0.6 is 22.6 Å². The maximum absolute atomic E-state index is 13.0. The number of rotatable bonds is 9. The highest BCUT2D eigenvalue weighted by atomic mass is 127. The standard InChI is InChI=1S/C24H24INO4/c1-3-14-29-23-19(25)15-17(16-22(23)28-4-2)24(27)26-20-12-8-9-13-21(20)30-18-10-6-5-7-11-18/h5-13,15-16H,3-4,14H2,1-2H3,(H,26,27). The van der Waals surface area contributed by atoms with E-state index < -0.39 is 0 Å². The van der Waals surface area contributed by atoms with Crippen molar-refractivity contribution in [3.05, 3.63) is 75.9 Å². The maximum Gasteiger partial charge on any atom is 0.255 e. The Morgan fingerprint density at radius 1 is 0.933 bits per heavy atom. The molecule has 0 heterocycles. The molecule has 0 aliphatic rings. The predicted molar refractivity (Wildman–Crippen MR) is 127 cm³/mol. The Balaban J connectivity index is 1.84. The molecule has 0 saturated carbocycles. The van der Waals surface area contributed by atoms with E-state index in [0.29, 0.717) is 47.5 Å². The lowest BCUT2D eigenvalue weighted by Crippen LogP contribution is -2.14. The topological polar surface area (TPSA) is 56.8 Å². The lowest BCUT2D eigenvalue weighted by molar-refractivity contribution is 0.102. The molecule has 0 fully saturated rings. The lowest BCUT2D eigenvalue weighted by atomic mass is 10.1. The van der Waals surface area contributed by atoms with Crippen molar-refractivity contribution >= 4 is 34.2 Å². The molecule has 3 rings (SSSR count). The Morgan fingerprint density at radius 3 is 2.40 bits per heavy atom. The Hall–Kier alpha value is -2.74. The van der Waals surface area contributed by atoms with Crippen molar-refractivity contribution < 1.29 is 19.0 Å². The molecule has 6 heteroatoms. The molecule has 0 aliphatic heterocycles. The summed E-state index contributed by atoms with van der Waals surface area (Å²) in [5.74, 6) is 2.25. The van der Waals surface area contributed by atoms with Crippen molar-refractivity contribution in [3.63, 3.8) is 0 Å². The molecule has 0 aromatic heterocycles. The Labute approximate surface area is 190 Å². The molecule has 1 amide bonds. The van der Waals surface area contributed by atoms with E-state index >= 15 is 0 Å². The van der Waals surface area contributed by atoms with Gasteiger partial charge in [0.1, 0.15) is 5.75 Å². The summed E-state index contributed by atoms with van der Waals surface area (Å²) in [6.07, 6.45) is 0.891. The summed E-state index contributed by atoms with van der Waals surface area (Å²) < 4.78 is 18.3. The number of amides is 1. The quantitative estimate of drug-likeness (QED) is 0.329. The maximum atomic E-state index is 13.0. The third-order valence-electron chi connectivity index (χ3n) is 4.13. The molecule has 5 nitrogen and oxygen atoms in total. The highest BCUT2D eigenvalue weighted by Crippen LogP contribution is 2.35. The van der Waals surface area contributed by atoms with Crippen molar-refractivity contribution in [1.82, 2.24) is 0 Å². The highest BCUT2D eigenvalue weighted by Gasteiger charge is 2.17. The van der Waals surface area contributed by atoms with Crippen LogP contribution in [-0.4, -0.2) is 19.1 Å². The van der Waals surface area contributed by atoms with Gasteiger partial charge in [-0.05, 0) is 72.3 Å². The number of carbonyl (C=O) groups is 1. The Bertz CT molecular complexity index is 992. The van der Waals surface area contributed by atoms with Crippen molar-refractivity contribution in [2.75, 3.05) is 18.5 Å². The van der Waals surface area contributed by atoms with Crippen molar-refractivity contribution in [1.29, 1.82) is 0 Å². The molecule has 3 aromatic carbocycles. The number of benzene rings is 3. The number of hydrogen-bond acceptors (Lipinski definition) is 4. The molecule has 30 heavy (non-hydrogen) atoms. The predicted octanol–water partition coefficient (Wildman–Crippen LogP) is 6.52. The third kappa shape index (κ3) is 5.66. The number of ether oxygens (including phenoxy) is 3. The van der Waals surface area contributed by atoms with Crippen LogP contribution in [0.15, 0.2) is 66.7 Å². The van der Waals surface area contributed by atoms with Gasteiger partial charge in [-0.1, -0.05) is 37.3 Å². The minimum atomic E-state index is -0.250. The van der Waals surface area contributed by atoms with Gasteiger partial charge in [0.05, 0.1) is 22.5 Å². The average molecular weight is 517 g/mol. The second kappa shape index (κ2) is 10.9. The highest BCUT2D eigenvalue weighted by molar-refractivity contribution is 14.1. The normalized spacial score (nSPS) is 10.4. The van der Waals surface area contributed by atoms with E-state index in [4.69, 9.17) is 14.2 Å². The minimum Gasteiger partial charge on any atom is -0.490 e. The summed E-state index contributed by atoms with van der Waals surface area (Å²) in [7, 11) is 0. The summed E-state index contributed by atoms with van der Waals surface area (Å²) in [5.41, 5.74) is 1.08. The van der Waals surface area contributed by atoms with E-state index in [1.807, 2.05) is 68.4 Å². The van der Waals surface area contributed by atoms with Crippen LogP contribution in [0.2, 0.25) is 0 Å². The zero-order valence-electron chi connectivity index (χ0n) is 17.0. The van der Waals surface area contributed by atoms with Gasteiger partial charge in [0.2, 0.25) is 0 Å². The first-order valence-corrected chi connectivity index (χ1v) is 10.9. The van der Waals surface area contributed by atoms with E-state index in [-0.39, 0.29) is 5.91 Å². The molecular weight excluding hydrogens is 493 g/mol. The van der Waals surface area contributed by atoms with Gasteiger partial charge >= 0.3 is 0 Å². The fraction of sp³-hybridized carbons (Fsp3) is 0.208. The smallest absolute Gasteiger partial charge is 0.255 e. The van der Waals surface area contributed by atoms with Gasteiger partial charge < -0.3 is 19.5 Å². The van der Waals surface area contributed by atoms with Gasteiger partial charge in [-0.15, -0.1) is 0 Å². The number of halogens is 1. The van der Waals surface area contributed by atoms with Crippen LogP contribution in [0.5, 0.6) is 23.0 Å². The summed E-state index contributed by atoms with van der Waals surface area (Å²) in [6.45, 7) is 5.02. The molecule has 0 bridgehead atoms. The third-order valence-corrected chi connectivity index (χ3v) is 4.93. The van der Waals surface area contributed by atoms with Crippen molar-refractivity contribution in [2.24, 2.45) is 0 Å². The second-order valence-electron chi connectivity index (χ2n) is 6.43. The summed E-state index contributed by atoms with van der Waals surface area (Å²) >= 11 is 2.17. The van der Waals surface area contributed by atoms with Crippen LogP contribution in [0.3, 0.4) is 0 Å². The van der Waals surface area contributed by atoms with Gasteiger partial charge in [-0.3, -0.25) is 4.79 Å². The van der Waals surface area contributed by atoms with E-state index in [1.165, 1.54) is 0 Å². The van der Waals surface area contributed by atoms with Gasteiger partial charge in [-0.25, -0.2) is 0 Å². The summed E-state index contributed by atoms with van der Waals surface area (Å²) in [6, 6.07) is 20.3. The fourth-order valence-corrected chi connectivity index (χ4v) is 3.53. The first-order chi connectivity index (χ1) is 14.6. The summed E-state index contributed by atoms with van der Waals surface area (Å²) in [4.78, 5) is 13.0. The van der Waals surface area contributed by atoms with E-state index in [1.54, 1.807) is 12.1 Å². The van der Waals surface area contributed by atoms with Gasteiger partial charge in [0, 0.05) is 5.56 Å². The summed E-state index contributed by atoms with van der Waals surface area (Å²) in [5, 5.41) is 2.94. The molecular formula is C24H24INO4. The molecule has 0 atom stereocenters. The largest absolute Gasteiger partial charge is 0.490 e. The van der Waals surface area contributed by atoms with Crippen molar-refractivity contribution in [2.45, 2.75) is 20.3 Å². The number of nitrogens with one attached hydrogen (secondary N) is 1. The first kappa shape index (κ1) is 22.0. The SMILES string of the molecule is CCCOc1c(I)cc(C(=O)Nc2ccccc2Oc2ccccc2)cc1OCC. The van der Waals surface area contributed by atoms with Crippen LogP contribution in [-0.2, 0) is 0 Å². The van der Waals surface area contributed by atoms with Crippen LogP contribution in [0.4, 0.5) is 5.69 Å². The van der Waals surface area contributed by atoms with E-state index in [9.17, 15) is 4.79 Å². The Kier molecular flexibility index (Phi) is 7.96. The minimum absolute atomic E-state index is 0.250. The molecule has 0 aliphatic carbocycles. The van der Waals surface area contributed by atoms with E-state index in [2.05, 4.69) is 27.9 Å². The molecule has 0 unspecified atom stereocenters. The average Bonchev–Trinajstić information content (AvgIpc) is 2.75. The monoisotopic (exact) mass is 517 g/mol. The first-order valence-electron chi connectivity index (χ1n) is 9.84. The molecule has 0 spiro atoms. The van der Waals surface area contributed by atoms with Gasteiger partial charge in [0.25, 0.3) is 5.91 Å².